The number of likely N-dealkylation sites (tertiary alicyclic amines) is 1. The molecule has 1 heterocycles. The minimum Gasteiger partial charge on any atom is -0.444 e. The Labute approximate surface area is 161 Å². The minimum absolute atomic E-state index is 0.0430. The van der Waals surface area contributed by atoms with Gasteiger partial charge >= 0.3 is 6.09 Å². The summed E-state index contributed by atoms with van der Waals surface area (Å²) in [5, 5.41) is 9.87. The highest BCUT2D eigenvalue weighted by atomic mass is 35.5. The number of carbonyl (C=O) groups is 1. The van der Waals surface area contributed by atoms with Crippen LogP contribution in [0.4, 0.5) is 4.79 Å². The molecule has 0 bridgehead atoms. The SMILES string of the molecule is Cc1ccc(Cl)cc1C(OCCO)C1CCCN(C(=O)OC(C)(C)C)C1. The summed E-state index contributed by atoms with van der Waals surface area (Å²) < 4.78 is 11.5. The summed E-state index contributed by atoms with van der Waals surface area (Å²) in [5.41, 5.74) is 1.59. The van der Waals surface area contributed by atoms with Crippen molar-refractivity contribution in [2.45, 2.75) is 52.2 Å². The molecule has 6 heteroatoms. The molecule has 1 fully saturated rings. The van der Waals surface area contributed by atoms with E-state index in [2.05, 4.69) is 0 Å². The van der Waals surface area contributed by atoms with Crippen molar-refractivity contribution < 1.29 is 19.4 Å². The maximum absolute atomic E-state index is 12.5. The van der Waals surface area contributed by atoms with E-state index in [9.17, 15) is 9.90 Å². The lowest BCUT2D eigenvalue weighted by atomic mass is 9.86. The first-order chi connectivity index (χ1) is 12.2. The third kappa shape index (κ3) is 5.86. The van der Waals surface area contributed by atoms with E-state index in [4.69, 9.17) is 21.1 Å². The molecule has 146 valence electrons. The second-order valence-corrected chi connectivity index (χ2v) is 8.28. The van der Waals surface area contributed by atoms with Gasteiger partial charge in [-0.05, 0) is 63.8 Å². The largest absolute Gasteiger partial charge is 0.444 e. The Morgan fingerprint density at radius 1 is 1.42 bits per heavy atom. The highest BCUT2D eigenvalue weighted by Gasteiger charge is 2.33. The molecule has 1 saturated heterocycles. The number of hydrogen-bond acceptors (Lipinski definition) is 4. The first kappa shape index (κ1) is 21.0. The Morgan fingerprint density at radius 3 is 2.81 bits per heavy atom. The van der Waals surface area contributed by atoms with Crippen LogP contribution in [0.25, 0.3) is 0 Å². The summed E-state index contributed by atoms with van der Waals surface area (Å²) in [6.45, 7) is 9.09. The molecule has 26 heavy (non-hydrogen) atoms. The fourth-order valence-corrected chi connectivity index (χ4v) is 3.51. The van der Waals surface area contributed by atoms with Gasteiger partial charge in [0.05, 0.1) is 19.3 Å². The van der Waals surface area contributed by atoms with Crippen LogP contribution < -0.4 is 0 Å². The van der Waals surface area contributed by atoms with Crippen LogP contribution in [0.2, 0.25) is 5.02 Å². The predicted octanol–water partition coefficient (Wildman–Crippen LogP) is 4.35. The van der Waals surface area contributed by atoms with Crippen molar-refractivity contribution in [1.29, 1.82) is 0 Å². The van der Waals surface area contributed by atoms with Crippen molar-refractivity contribution in [2.75, 3.05) is 26.3 Å². The van der Waals surface area contributed by atoms with Gasteiger partial charge in [0.15, 0.2) is 0 Å². The number of carbonyl (C=O) groups excluding carboxylic acids is 1. The van der Waals surface area contributed by atoms with Gasteiger partial charge in [-0.2, -0.15) is 0 Å². The maximum atomic E-state index is 12.5. The van der Waals surface area contributed by atoms with Gasteiger partial charge in [0.2, 0.25) is 0 Å². The third-order valence-electron chi connectivity index (χ3n) is 4.47. The predicted molar refractivity (Wildman–Crippen MR) is 102 cm³/mol. The Kier molecular flexibility index (Phi) is 7.33. The van der Waals surface area contributed by atoms with E-state index in [1.807, 2.05) is 45.9 Å². The average Bonchev–Trinajstić information content (AvgIpc) is 2.57. The highest BCUT2D eigenvalue weighted by molar-refractivity contribution is 6.30. The van der Waals surface area contributed by atoms with Crippen LogP contribution in [-0.2, 0) is 9.47 Å². The smallest absolute Gasteiger partial charge is 0.410 e. The number of hydrogen-bond donors (Lipinski definition) is 1. The van der Waals surface area contributed by atoms with E-state index in [1.165, 1.54) is 0 Å². The summed E-state index contributed by atoms with van der Waals surface area (Å²) in [7, 11) is 0. The van der Waals surface area contributed by atoms with Crippen LogP contribution >= 0.6 is 11.6 Å². The first-order valence-electron chi connectivity index (χ1n) is 9.17. The molecule has 1 aromatic carbocycles. The van der Waals surface area contributed by atoms with Gasteiger partial charge in [-0.15, -0.1) is 0 Å². The summed E-state index contributed by atoms with van der Waals surface area (Å²) >= 11 is 6.20. The Morgan fingerprint density at radius 2 is 2.15 bits per heavy atom. The molecule has 2 unspecified atom stereocenters. The lowest BCUT2D eigenvalue weighted by Crippen LogP contribution is -2.44. The molecular weight excluding hydrogens is 354 g/mol. The zero-order chi connectivity index (χ0) is 19.3. The lowest BCUT2D eigenvalue weighted by Gasteiger charge is -2.38. The third-order valence-corrected chi connectivity index (χ3v) is 4.71. The molecule has 1 amide bonds. The van der Waals surface area contributed by atoms with Crippen LogP contribution in [0, 0.1) is 12.8 Å². The van der Waals surface area contributed by atoms with Crippen LogP contribution in [0.15, 0.2) is 18.2 Å². The maximum Gasteiger partial charge on any atom is 0.410 e. The number of piperidine rings is 1. The molecule has 1 N–H and O–H groups in total. The number of rotatable bonds is 5. The fourth-order valence-electron chi connectivity index (χ4n) is 3.33. The highest BCUT2D eigenvalue weighted by Crippen LogP contribution is 2.36. The zero-order valence-corrected chi connectivity index (χ0v) is 16.9. The summed E-state index contributed by atoms with van der Waals surface area (Å²) in [4.78, 5) is 14.2. The molecule has 0 spiro atoms. The molecule has 2 atom stereocenters. The molecule has 0 aromatic heterocycles. The first-order valence-corrected chi connectivity index (χ1v) is 9.55. The number of amides is 1. The van der Waals surface area contributed by atoms with E-state index in [1.54, 1.807) is 4.90 Å². The van der Waals surface area contributed by atoms with Crippen LogP contribution in [0.5, 0.6) is 0 Å². The minimum atomic E-state index is -0.514. The second-order valence-electron chi connectivity index (χ2n) is 7.84. The second kappa shape index (κ2) is 9.07. The molecule has 2 rings (SSSR count). The lowest BCUT2D eigenvalue weighted by molar-refractivity contribution is -0.0350. The van der Waals surface area contributed by atoms with E-state index in [0.29, 0.717) is 18.1 Å². The van der Waals surface area contributed by atoms with Crippen molar-refractivity contribution in [3.05, 3.63) is 34.3 Å². The normalized spacial score (nSPS) is 19.3. The van der Waals surface area contributed by atoms with Crippen molar-refractivity contribution in [1.82, 2.24) is 4.90 Å². The van der Waals surface area contributed by atoms with Crippen molar-refractivity contribution >= 4 is 17.7 Å². The quantitative estimate of drug-likeness (QED) is 0.821. The van der Waals surface area contributed by atoms with E-state index in [-0.39, 0.29) is 31.3 Å². The Balaban J connectivity index is 2.19. The van der Waals surface area contributed by atoms with Crippen molar-refractivity contribution in [3.8, 4) is 0 Å². The number of aryl methyl sites for hydroxylation is 1. The topological polar surface area (TPSA) is 59.0 Å². The number of benzene rings is 1. The molecule has 1 aliphatic rings. The molecule has 0 aliphatic carbocycles. The molecule has 5 nitrogen and oxygen atoms in total. The molecule has 1 aliphatic heterocycles. The van der Waals surface area contributed by atoms with Gasteiger partial charge in [-0.3, -0.25) is 0 Å². The molecule has 0 radical (unpaired) electrons. The number of halogens is 1. The summed E-state index contributed by atoms with van der Waals surface area (Å²) in [5.74, 6) is 0.125. The van der Waals surface area contributed by atoms with Gasteiger partial charge in [-0.1, -0.05) is 17.7 Å². The van der Waals surface area contributed by atoms with Gasteiger partial charge in [-0.25, -0.2) is 4.79 Å². The molecule has 0 saturated carbocycles. The molecular formula is C20H30ClNO4. The fraction of sp³-hybridized carbons (Fsp3) is 0.650. The molecule has 1 aromatic rings. The van der Waals surface area contributed by atoms with E-state index >= 15 is 0 Å². The Bertz CT molecular complexity index is 614. The van der Waals surface area contributed by atoms with Crippen LogP contribution in [-0.4, -0.2) is 48.0 Å². The van der Waals surface area contributed by atoms with E-state index in [0.717, 1.165) is 24.0 Å². The van der Waals surface area contributed by atoms with Gasteiger partial charge < -0.3 is 19.5 Å². The summed E-state index contributed by atoms with van der Waals surface area (Å²) in [6.07, 6.45) is 1.33. The number of nitrogens with zero attached hydrogens (tertiary/aromatic N) is 1. The van der Waals surface area contributed by atoms with Gasteiger partial charge in [0.25, 0.3) is 0 Å². The standard InChI is InChI=1S/C20H30ClNO4/c1-14-7-8-16(21)12-17(14)18(25-11-10-23)15-6-5-9-22(13-15)19(24)26-20(2,3)4/h7-8,12,15,18,23H,5-6,9-11,13H2,1-4H3. The zero-order valence-electron chi connectivity index (χ0n) is 16.1. The van der Waals surface area contributed by atoms with Gasteiger partial charge in [0.1, 0.15) is 5.60 Å². The number of aliphatic hydroxyl groups is 1. The monoisotopic (exact) mass is 383 g/mol. The average molecular weight is 384 g/mol. The van der Waals surface area contributed by atoms with E-state index < -0.39 is 5.60 Å². The van der Waals surface area contributed by atoms with Crippen molar-refractivity contribution in [3.63, 3.8) is 0 Å². The van der Waals surface area contributed by atoms with Gasteiger partial charge in [0, 0.05) is 24.0 Å². The number of ether oxygens (including phenoxy) is 2. The number of aliphatic hydroxyl groups excluding tert-OH is 1. The van der Waals surface area contributed by atoms with Crippen LogP contribution in [0.1, 0.15) is 50.8 Å². The summed E-state index contributed by atoms with van der Waals surface area (Å²) in [6, 6.07) is 5.75. The van der Waals surface area contributed by atoms with Crippen LogP contribution in [0.3, 0.4) is 0 Å². The van der Waals surface area contributed by atoms with Crippen molar-refractivity contribution in [2.24, 2.45) is 5.92 Å². The Hall–Kier alpha value is -1.30.